The van der Waals surface area contributed by atoms with Crippen LogP contribution >= 0.6 is 12.2 Å². The molecule has 0 atom stereocenters. The molecular weight excluding hydrogens is 470 g/mol. The Morgan fingerprint density at radius 3 is 2.24 bits per heavy atom. The number of nitrogens with zero attached hydrogens (tertiary/aromatic N) is 1. The lowest BCUT2D eigenvalue weighted by molar-refractivity contribution is 0.0977. The quantitative estimate of drug-likeness (QED) is 0.326. The Morgan fingerprint density at radius 1 is 0.971 bits per heavy atom. The number of ether oxygens (including phenoxy) is 1. The highest BCUT2D eigenvalue weighted by Gasteiger charge is 2.21. The average Bonchev–Trinajstić information content (AvgIpc) is 2.85. The first kappa shape index (κ1) is 25.2. The van der Waals surface area contributed by atoms with Gasteiger partial charge in [0, 0.05) is 18.3 Å². The molecule has 0 bridgehead atoms. The highest BCUT2D eigenvalue weighted by atomic mass is 32.2. The van der Waals surface area contributed by atoms with Gasteiger partial charge >= 0.3 is 0 Å². The molecule has 0 aromatic heterocycles. The molecule has 0 heterocycles. The zero-order valence-electron chi connectivity index (χ0n) is 19.0. The van der Waals surface area contributed by atoms with E-state index in [2.05, 4.69) is 17.6 Å². The van der Waals surface area contributed by atoms with Gasteiger partial charge in [0.2, 0.25) is 0 Å². The van der Waals surface area contributed by atoms with Crippen molar-refractivity contribution < 1.29 is 17.9 Å². The van der Waals surface area contributed by atoms with Crippen LogP contribution in [0.5, 0.6) is 5.75 Å². The number of hydrogen-bond acceptors (Lipinski definition) is 5. The highest BCUT2D eigenvalue weighted by Crippen LogP contribution is 2.23. The topological polar surface area (TPSA) is 87.7 Å². The maximum atomic E-state index is 12.9. The number of benzene rings is 3. The number of rotatable bonds is 9. The van der Waals surface area contributed by atoms with E-state index in [1.165, 1.54) is 23.5 Å². The molecule has 0 saturated heterocycles. The second-order valence-corrected chi connectivity index (χ2v) is 9.84. The van der Waals surface area contributed by atoms with E-state index in [0.29, 0.717) is 29.3 Å². The minimum atomic E-state index is -3.71. The van der Waals surface area contributed by atoms with Crippen LogP contribution in [0.25, 0.3) is 0 Å². The fourth-order valence-electron chi connectivity index (χ4n) is 3.02. The SMILES string of the molecule is CCCCOc1ccc(C(=O)NC(=S)Nc2ccc(S(=O)(=O)N(C)c3ccccc3)cc2)cc1. The Hall–Kier alpha value is -3.43. The van der Waals surface area contributed by atoms with Gasteiger partial charge in [-0.25, -0.2) is 8.42 Å². The minimum Gasteiger partial charge on any atom is -0.494 e. The minimum absolute atomic E-state index is 0.102. The van der Waals surface area contributed by atoms with Crippen LogP contribution in [0.3, 0.4) is 0 Å². The summed E-state index contributed by atoms with van der Waals surface area (Å²) in [6.07, 6.45) is 2.02. The molecule has 1 amide bonds. The van der Waals surface area contributed by atoms with Gasteiger partial charge in [0.05, 0.1) is 17.2 Å². The molecule has 3 rings (SSSR count). The van der Waals surface area contributed by atoms with Crippen molar-refractivity contribution in [3.8, 4) is 5.75 Å². The molecule has 0 saturated carbocycles. The first-order chi connectivity index (χ1) is 16.3. The molecule has 0 aliphatic heterocycles. The Bertz CT molecular complexity index is 1210. The van der Waals surface area contributed by atoms with Gasteiger partial charge in [0.25, 0.3) is 15.9 Å². The molecular formula is C25H27N3O4S2. The fraction of sp³-hybridized carbons (Fsp3) is 0.200. The molecule has 34 heavy (non-hydrogen) atoms. The summed E-state index contributed by atoms with van der Waals surface area (Å²) in [5, 5.41) is 5.61. The normalized spacial score (nSPS) is 10.9. The Labute approximate surface area is 205 Å². The largest absolute Gasteiger partial charge is 0.494 e. The van der Waals surface area contributed by atoms with E-state index in [9.17, 15) is 13.2 Å². The van der Waals surface area contributed by atoms with Crippen molar-refractivity contribution in [2.75, 3.05) is 23.3 Å². The number of anilines is 2. The molecule has 9 heteroatoms. The van der Waals surface area contributed by atoms with Gasteiger partial charge in [-0.1, -0.05) is 31.5 Å². The molecule has 0 spiro atoms. The van der Waals surface area contributed by atoms with E-state index < -0.39 is 10.0 Å². The number of hydrogen-bond donors (Lipinski definition) is 2. The molecule has 7 nitrogen and oxygen atoms in total. The predicted molar refractivity (Wildman–Crippen MR) is 139 cm³/mol. The van der Waals surface area contributed by atoms with Crippen LogP contribution in [0.2, 0.25) is 0 Å². The highest BCUT2D eigenvalue weighted by molar-refractivity contribution is 7.92. The number of amides is 1. The van der Waals surface area contributed by atoms with Crippen LogP contribution in [-0.2, 0) is 10.0 Å². The second kappa shape index (κ2) is 11.6. The third-order valence-electron chi connectivity index (χ3n) is 5.00. The number of carbonyl (C=O) groups is 1. The lowest BCUT2D eigenvalue weighted by Crippen LogP contribution is -2.34. The molecule has 3 aromatic carbocycles. The number of unbranched alkanes of at least 4 members (excludes halogenated alkanes) is 1. The van der Waals surface area contributed by atoms with Crippen molar-refractivity contribution in [2.24, 2.45) is 0 Å². The van der Waals surface area contributed by atoms with Gasteiger partial charge < -0.3 is 10.1 Å². The zero-order valence-corrected chi connectivity index (χ0v) is 20.7. The lowest BCUT2D eigenvalue weighted by atomic mass is 10.2. The van der Waals surface area contributed by atoms with Gasteiger partial charge in [-0.05, 0) is 79.3 Å². The summed E-state index contributed by atoms with van der Waals surface area (Å²) >= 11 is 5.23. The molecule has 178 valence electrons. The molecule has 2 N–H and O–H groups in total. The van der Waals surface area contributed by atoms with Gasteiger partial charge in [-0.3, -0.25) is 14.4 Å². The van der Waals surface area contributed by atoms with Crippen molar-refractivity contribution in [1.82, 2.24) is 5.32 Å². The fourth-order valence-corrected chi connectivity index (χ4v) is 4.43. The van der Waals surface area contributed by atoms with Crippen molar-refractivity contribution >= 4 is 44.6 Å². The van der Waals surface area contributed by atoms with Crippen molar-refractivity contribution in [2.45, 2.75) is 24.7 Å². The Balaban J connectivity index is 1.57. The number of nitrogens with one attached hydrogen (secondary N) is 2. The van der Waals surface area contributed by atoms with E-state index in [0.717, 1.165) is 12.8 Å². The second-order valence-electron chi connectivity index (χ2n) is 7.47. The van der Waals surface area contributed by atoms with Crippen molar-refractivity contribution in [1.29, 1.82) is 0 Å². The van der Waals surface area contributed by atoms with Gasteiger partial charge in [-0.15, -0.1) is 0 Å². The van der Waals surface area contributed by atoms with Crippen LogP contribution in [0.15, 0.2) is 83.8 Å². The van der Waals surface area contributed by atoms with Gasteiger partial charge in [-0.2, -0.15) is 0 Å². The molecule has 0 aliphatic rings. The summed E-state index contributed by atoms with van der Waals surface area (Å²) in [6.45, 7) is 2.73. The summed E-state index contributed by atoms with van der Waals surface area (Å²) in [7, 11) is -2.21. The first-order valence-electron chi connectivity index (χ1n) is 10.8. The Kier molecular flexibility index (Phi) is 8.61. The van der Waals surface area contributed by atoms with Crippen LogP contribution in [0.1, 0.15) is 30.1 Å². The predicted octanol–water partition coefficient (Wildman–Crippen LogP) is 4.82. The number of para-hydroxylation sites is 1. The maximum Gasteiger partial charge on any atom is 0.264 e. The van der Waals surface area contributed by atoms with E-state index in [1.54, 1.807) is 60.7 Å². The van der Waals surface area contributed by atoms with E-state index >= 15 is 0 Å². The number of carbonyl (C=O) groups excluding carboxylic acids is 1. The summed E-state index contributed by atoms with van der Waals surface area (Å²) in [5.74, 6) is 0.347. The van der Waals surface area contributed by atoms with E-state index in [-0.39, 0.29) is 15.9 Å². The summed E-state index contributed by atoms with van der Waals surface area (Å²) < 4.78 is 32.6. The third-order valence-corrected chi connectivity index (χ3v) is 7.00. The standard InChI is InChI=1S/C25H27N3O4S2/c1-3-4-18-32-22-14-10-19(11-15-22)24(29)27-25(33)26-20-12-16-23(17-13-20)34(30,31)28(2)21-8-6-5-7-9-21/h5-17H,3-4,18H2,1-2H3,(H2,26,27,29,33). The van der Waals surface area contributed by atoms with Gasteiger partial charge in [0.15, 0.2) is 5.11 Å². The van der Waals surface area contributed by atoms with Gasteiger partial charge in [0.1, 0.15) is 5.75 Å². The van der Waals surface area contributed by atoms with E-state index in [1.807, 2.05) is 6.07 Å². The average molecular weight is 498 g/mol. The van der Waals surface area contributed by atoms with Crippen LogP contribution in [0.4, 0.5) is 11.4 Å². The number of thiocarbonyl (C=S) groups is 1. The van der Waals surface area contributed by atoms with Crippen LogP contribution in [0, 0.1) is 0 Å². The van der Waals surface area contributed by atoms with Crippen LogP contribution in [-0.4, -0.2) is 33.1 Å². The summed E-state index contributed by atoms with van der Waals surface area (Å²) in [4.78, 5) is 12.6. The molecule has 0 aliphatic carbocycles. The number of sulfonamides is 1. The molecule has 0 radical (unpaired) electrons. The summed E-state index contributed by atoms with van der Waals surface area (Å²) in [5.41, 5.74) is 1.55. The zero-order chi connectivity index (χ0) is 24.6. The molecule has 0 unspecified atom stereocenters. The smallest absolute Gasteiger partial charge is 0.264 e. The third kappa shape index (κ3) is 6.55. The van der Waals surface area contributed by atoms with E-state index in [4.69, 9.17) is 17.0 Å². The maximum absolute atomic E-state index is 12.9. The van der Waals surface area contributed by atoms with Crippen LogP contribution < -0.4 is 19.7 Å². The van der Waals surface area contributed by atoms with Crippen molar-refractivity contribution in [3.63, 3.8) is 0 Å². The molecule has 3 aromatic rings. The Morgan fingerprint density at radius 2 is 1.62 bits per heavy atom. The summed E-state index contributed by atoms with van der Waals surface area (Å²) in [6, 6.07) is 21.8. The molecule has 0 fully saturated rings. The lowest BCUT2D eigenvalue weighted by Gasteiger charge is -2.19. The van der Waals surface area contributed by atoms with Crippen molar-refractivity contribution in [3.05, 3.63) is 84.4 Å². The first-order valence-corrected chi connectivity index (χ1v) is 12.7. The monoisotopic (exact) mass is 497 g/mol.